The average molecular weight is 1300 g/mol. The monoisotopic (exact) mass is 1300 g/mol. The van der Waals surface area contributed by atoms with Gasteiger partial charge in [0.2, 0.25) is 0 Å². The van der Waals surface area contributed by atoms with Gasteiger partial charge in [0.1, 0.15) is 11.5 Å². The molecule has 6 aliphatic rings. The second-order valence-corrected chi connectivity index (χ2v) is 28.9. The molecule has 4 fully saturated rings. The summed E-state index contributed by atoms with van der Waals surface area (Å²) in [5, 5.41) is 32.0. The molecule has 0 heterocycles. The van der Waals surface area contributed by atoms with Crippen molar-refractivity contribution in [1.29, 1.82) is 0 Å². The van der Waals surface area contributed by atoms with Gasteiger partial charge in [-0.15, -0.1) is 0 Å². The first-order valence-corrected chi connectivity index (χ1v) is 35.2. The molecule has 18 heteroatoms. The van der Waals surface area contributed by atoms with Crippen LogP contribution < -0.4 is 4.74 Å². The molecule has 0 amide bonds. The molecule has 0 spiro atoms. The van der Waals surface area contributed by atoms with Crippen molar-refractivity contribution in [2.45, 2.75) is 294 Å². The van der Waals surface area contributed by atoms with Crippen molar-refractivity contribution in [3.05, 3.63) is 58.7 Å². The summed E-state index contributed by atoms with van der Waals surface area (Å²) in [6.45, 7) is 8.23. The lowest BCUT2D eigenvalue weighted by Crippen LogP contribution is -2.47. The number of rotatable bonds is 33. The Morgan fingerprint density at radius 3 is 1.29 bits per heavy atom. The second kappa shape index (κ2) is 33.2. The molecule has 8 unspecified atom stereocenters. The average Bonchev–Trinajstić information content (AvgIpc) is 1.71. The van der Waals surface area contributed by atoms with E-state index in [2.05, 4.69) is 38.1 Å². The molecular weight excluding hydrogens is 1190 g/mol. The first-order valence-electron chi connectivity index (χ1n) is 35.2. The molecule has 8 nitrogen and oxygen atoms in total. The van der Waals surface area contributed by atoms with Gasteiger partial charge in [-0.05, 0) is 234 Å². The van der Waals surface area contributed by atoms with Crippen LogP contribution in [0.5, 0.6) is 11.5 Å². The van der Waals surface area contributed by atoms with Crippen molar-refractivity contribution in [1.82, 2.24) is 0 Å². The fourth-order valence-electron chi connectivity index (χ4n) is 18.2. The van der Waals surface area contributed by atoms with Crippen LogP contribution in [0.25, 0.3) is 0 Å². The summed E-state index contributed by atoms with van der Waals surface area (Å²) in [5.74, 6) is -6.02. The number of aliphatic hydroxyl groups excluding tert-OH is 2. The Hall–Kier alpha value is -3.80. The summed E-state index contributed by atoms with van der Waals surface area (Å²) in [4.78, 5) is 24.6. The Morgan fingerprint density at radius 1 is 0.516 bits per heavy atom. The lowest BCUT2D eigenvalue weighted by molar-refractivity contribution is -0.284. The van der Waals surface area contributed by atoms with Gasteiger partial charge in [-0.3, -0.25) is 9.59 Å². The lowest BCUT2D eigenvalue weighted by Gasteiger charge is -2.53. The predicted octanol–water partition coefficient (Wildman–Crippen LogP) is 20.1. The van der Waals surface area contributed by atoms with Gasteiger partial charge in [0.25, 0.3) is 0 Å². The van der Waals surface area contributed by atoms with Crippen molar-refractivity contribution in [2.75, 3.05) is 20.3 Å². The summed E-state index contributed by atoms with van der Waals surface area (Å²) in [6.07, 6.45) is 12.9. The number of carbonyl (C=O) groups excluding carboxylic acids is 2. The number of hydrogen-bond acceptors (Lipinski definition) is 8. The molecule has 0 aromatic heterocycles. The van der Waals surface area contributed by atoms with Crippen LogP contribution in [-0.4, -0.2) is 84.0 Å². The van der Waals surface area contributed by atoms with Gasteiger partial charge in [0, 0.05) is 12.8 Å². The van der Waals surface area contributed by atoms with Crippen LogP contribution in [0.2, 0.25) is 0 Å². The zero-order valence-electron chi connectivity index (χ0n) is 55.0. The molecule has 518 valence electrons. The minimum Gasteiger partial charge on any atom is -0.508 e. The summed E-state index contributed by atoms with van der Waals surface area (Å²) < 4.78 is 144. The fourth-order valence-corrected chi connectivity index (χ4v) is 18.2. The van der Waals surface area contributed by atoms with Crippen molar-refractivity contribution in [3.63, 3.8) is 0 Å². The molecule has 4 saturated carbocycles. The highest BCUT2D eigenvalue weighted by Gasteiger charge is 2.60. The fraction of sp³-hybridized carbons (Fsp3) is 0.808. The van der Waals surface area contributed by atoms with E-state index in [1.807, 2.05) is 12.1 Å². The van der Waals surface area contributed by atoms with Crippen molar-refractivity contribution < 1.29 is 83.0 Å². The third-order valence-corrected chi connectivity index (χ3v) is 23.3. The standard InChI is InChI=1S/C37H55F5O4.C36H53F5O4/c1-4-46-34(44)25(15-12-21-36(38,39)37(40,41)42)13-10-8-6-5-7-9-11-14-26-23-27-24-28(45-3)16-17-29(27)30-20-22-35(2)31(33(26)30)18-19-32(35)43;1-3-45-33(44)24(14-11-20-35(37,38)36(39,40)41)12-9-7-5-4-6-8-10-13-25-22-26-23-27(42)15-16-28(26)29-19-21-34(2)30(32(25)29)17-18-31(34)43/h16-17,24-26,30-33,43H,4-15,18-23H2,1-3H3;15-16,23-25,29-32,42-43H,3-14,17-22H2,1-2H3/t25?,26-,30?,31?,32+,33?,35+;24?,25-,29?,30?,31+,32?,34+/m11/s1. The second-order valence-electron chi connectivity index (χ2n) is 28.9. The van der Waals surface area contributed by atoms with Gasteiger partial charge in [-0.2, -0.15) is 43.9 Å². The first-order chi connectivity index (χ1) is 43.1. The van der Waals surface area contributed by atoms with Gasteiger partial charge >= 0.3 is 36.1 Å². The summed E-state index contributed by atoms with van der Waals surface area (Å²) >= 11 is 0. The van der Waals surface area contributed by atoms with Crippen LogP contribution in [-0.2, 0) is 31.9 Å². The Kier molecular flexibility index (Phi) is 27.2. The number of halogens is 10. The Balaban J connectivity index is 0.000000259. The number of hydrogen-bond donors (Lipinski definition) is 3. The maximum Gasteiger partial charge on any atom is 0.453 e. The number of carbonyl (C=O) groups is 2. The topological polar surface area (TPSA) is 123 Å². The van der Waals surface area contributed by atoms with Gasteiger partial charge in [0.05, 0.1) is 44.4 Å². The molecular formula is C73H108F10O8. The normalized spacial score (nSPS) is 28.5. The zero-order chi connectivity index (χ0) is 66.4. The van der Waals surface area contributed by atoms with E-state index in [9.17, 15) is 68.8 Å². The van der Waals surface area contributed by atoms with Crippen LogP contribution in [0.1, 0.15) is 267 Å². The third kappa shape index (κ3) is 18.8. The highest BCUT2D eigenvalue weighted by Crippen LogP contribution is 2.65. The van der Waals surface area contributed by atoms with Crippen LogP contribution in [0.4, 0.5) is 43.9 Å². The maximum absolute atomic E-state index is 13.3. The van der Waals surface area contributed by atoms with Crippen molar-refractivity contribution in [2.24, 2.45) is 58.2 Å². The minimum atomic E-state index is -5.57. The van der Waals surface area contributed by atoms with E-state index in [0.29, 0.717) is 72.4 Å². The molecule has 91 heavy (non-hydrogen) atoms. The van der Waals surface area contributed by atoms with Crippen LogP contribution in [0.3, 0.4) is 0 Å². The number of aliphatic hydroxyl groups is 2. The molecule has 0 radical (unpaired) electrons. The number of phenolic OH excluding ortho intramolecular Hbond substituents is 1. The van der Waals surface area contributed by atoms with E-state index >= 15 is 0 Å². The SMILES string of the molecule is CCOC(=O)C(CCCCCCCCC[C@@H]1Cc2cc(O)ccc2C2CC[C@@]3(C)C(CC[C@@H]3O)C21)CCCC(F)(F)C(F)(F)F.CCOC(=O)C(CCCCCCCCC[C@@H]1Cc2cc(OC)ccc2C2CC[C@@]3(C)C(CC[C@@H]3O)C21)CCCC(F)(F)C(F)(F)F. The number of aromatic hydroxyl groups is 1. The molecule has 14 atom stereocenters. The number of ether oxygens (including phenoxy) is 3. The Morgan fingerprint density at radius 2 is 0.890 bits per heavy atom. The predicted molar refractivity (Wildman–Crippen MR) is 333 cm³/mol. The van der Waals surface area contributed by atoms with Crippen LogP contribution in [0, 0.1) is 58.2 Å². The molecule has 8 rings (SSSR count). The Labute approximate surface area is 535 Å². The number of fused-ring (bicyclic) bond motifs is 10. The highest BCUT2D eigenvalue weighted by atomic mass is 19.4. The maximum atomic E-state index is 13.3. The zero-order valence-corrected chi connectivity index (χ0v) is 55.0. The third-order valence-electron chi connectivity index (χ3n) is 23.3. The van der Waals surface area contributed by atoms with Gasteiger partial charge < -0.3 is 29.5 Å². The van der Waals surface area contributed by atoms with Crippen molar-refractivity contribution in [3.8, 4) is 11.5 Å². The lowest BCUT2D eigenvalue weighted by atomic mass is 9.52. The van der Waals surface area contributed by atoms with Crippen molar-refractivity contribution >= 4 is 11.9 Å². The van der Waals surface area contributed by atoms with E-state index in [-0.39, 0.29) is 61.9 Å². The summed E-state index contributed by atoms with van der Waals surface area (Å²) in [7, 11) is 1.72. The van der Waals surface area contributed by atoms with Gasteiger partial charge in [-0.25, -0.2) is 0 Å². The summed E-state index contributed by atoms with van der Waals surface area (Å²) in [6, 6.07) is 12.5. The van der Waals surface area contributed by atoms with Crippen LogP contribution in [0.15, 0.2) is 36.4 Å². The number of methoxy groups -OCH3 is 1. The highest BCUT2D eigenvalue weighted by molar-refractivity contribution is 5.72. The summed E-state index contributed by atoms with van der Waals surface area (Å²) in [5.41, 5.74) is 5.66. The van der Waals surface area contributed by atoms with E-state index < -0.39 is 60.8 Å². The number of phenols is 1. The molecule has 2 aromatic rings. The van der Waals surface area contributed by atoms with Crippen LogP contribution >= 0.6 is 0 Å². The largest absolute Gasteiger partial charge is 0.508 e. The molecule has 6 aliphatic carbocycles. The van der Waals surface area contributed by atoms with E-state index in [0.717, 1.165) is 153 Å². The first kappa shape index (κ1) is 74.6. The molecule has 3 N–H and O–H groups in total. The Bertz CT molecular complexity index is 2580. The van der Waals surface area contributed by atoms with E-state index in [1.54, 1.807) is 21.0 Å². The number of benzene rings is 2. The van der Waals surface area contributed by atoms with Gasteiger partial charge in [0.15, 0.2) is 0 Å². The number of esters is 2. The number of unbranched alkanes of at least 4 members (excludes halogenated alkanes) is 12. The molecule has 0 bridgehead atoms. The molecule has 2 aromatic carbocycles. The van der Waals surface area contributed by atoms with E-state index in [1.165, 1.54) is 35.1 Å². The number of alkyl halides is 10. The molecule has 0 aliphatic heterocycles. The quantitative estimate of drug-likeness (QED) is 0.0367. The minimum absolute atomic E-state index is 0.00821. The molecule has 0 saturated heterocycles. The van der Waals surface area contributed by atoms with Gasteiger partial charge in [-0.1, -0.05) is 116 Å². The smallest absolute Gasteiger partial charge is 0.453 e. The van der Waals surface area contributed by atoms with E-state index in [4.69, 9.17) is 14.2 Å².